The minimum absolute atomic E-state index is 0.0203. The van der Waals surface area contributed by atoms with Crippen LogP contribution in [0, 0.1) is 5.41 Å². The van der Waals surface area contributed by atoms with E-state index in [-0.39, 0.29) is 24.0 Å². The number of ether oxygens (including phenoxy) is 1. The molecule has 1 unspecified atom stereocenters. The van der Waals surface area contributed by atoms with Crippen molar-refractivity contribution in [2.75, 3.05) is 6.54 Å². The summed E-state index contributed by atoms with van der Waals surface area (Å²) in [5, 5.41) is 0. The molecule has 1 aliphatic rings. The average Bonchev–Trinajstić information content (AvgIpc) is 2.97. The number of fused-ring (bicyclic) bond motifs is 1. The van der Waals surface area contributed by atoms with Crippen molar-refractivity contribution in [3.63, 3.8) is 0 Å². The Bertz CT molecular complexity index is 716. The second-order valence-corrected chi connectivity index (χ2v) is 7.28. The number of benzene rings is 1. The van der Waals surface area contributed by atoms with Gasteiger partial charge < -0.3 is 14.1 Å². The number of para-hydroxylation sites is 1. The first-order valence-corrected chi connectivity index (χ1v) is 8.33. The van der Waals surface area contributed by atoms with Crippen LogP contribution in [0.4, 0.5) is 0 Å². The van der Waals surface area contributed by atoms with Crippen LogP contribution in [-0.4, -0.2) is 28.4 Å². The zero-order valence-electron chi connectivity index (χ0n) is 14.7. The zero-order chi connectivity index (χ0) is 17.3. The fraction of sp³-hybridized carbons (Fsp3) is 0.474. The Morgan fingerprint density at radius 1 is 1.29 bits per heavy atom. The molecule has 0 fully saturated rings. The van der Waals surface area contributed by atoms with Gasteiger partial charge in [-0.25, -0.2) is 4.98 Å². The molecule has 1 amide bonds. The van der Waals surface area contributed by atoms with Gasteiger partial charge in [-0.3, -0.25) is 4.79 Å². The smallest absolute Gasteiger partial charge is 0.291 e. The molecular formula is C19H24N2O3. The van der Waals surface area contributed by atoms with Crippen LogP contribution in [-0.2, 0) is 13.0 Å². The highest BCUT2D eigenvalue weighted by molar-refractivity contribution is 5.93. The SMILES string of the molecule is CC(N1CCc2nc(COc3ccccc3)oc2C1=O)C(C)(C)C. The van der Waals surface area contributed by atoms with Crippen molar-refractivity contribution >= 4 is 5.91 Å². The van der Waals surface area contributed by atoms with Gasteiger partial charge in [0.25, 0.3) is 5.91 Å². The first kappa shape index (κ1) is 16.6. The maximum atomic E-state index is 12.7. The summed E-state index contributed by atoms with van der Waals surface area (Å²) in [6.45, 7) is 9.40. The fourth-order valence-electron chi connectivity index (χ4n) is 2.76. The van der Waals surface area contributed by atoms with Crippen LogP contribution >= 0.6 is 0 Å². The van der Waals surface area contributed by atoms with Crippen LogP contribution in [0.5, 0.6) is 5.75 Å². The summed E-state index contributed by atoms with van der Waals surface area (Å²) < 4.78 is 11.4. The van der Waals surface area contributed by atoms with E-state index in [2.05, 4.69) is 32.7 Å². The van der Waals surface area contributed by atoms with E-state index in [9.17, 15) is 4.79 Å². The van der Waals surface area contributed by atoms with Crippen molar-refractivity contribution in [2.24, 2.45) is 5.41 Å². The van der Waals surface area contributed by atoms with Crippen molar-refractivity contribution in [2.45, 2.75) is 46.8 Å². The lowest BCUT2D eigenvalue weighted by molar-refractivity contribution is 0.0494. The third kappa shape index (κ3) is 3.30. The molecule has 2 aromatic rings. The van der Waals surface area contributed by atoms with Gasteiger partial charge >= 0.3 is 0 Å². The highest BCUT2D eigenvalue weighted by atomic mass is 16.5. The molecule has 1 aromatic heterocycles. The number of hydrogen-bond acceptors (Lipinski definition) is 4. The fourth-order valence-corrected chi connectivity index (χ4v) is 2.76. The summed E-state index contributed by atoms with van der Waals surface area (Å²) in [6, 6.07) is 9.63. The van der Waals surface area contributed by atoms with E-state index in [1.54, 1.807) is 0 Å². The van der Waals surface area contributed by atoms with Gasteiger partial charge in [0.05, 0.1) is 5.69 Å². The molecule has 2 heterocycles. The Labute approximate surface area is 142 Å². The molecule has 0 aliphatic carbocycles. The van der Waals surface area contributed by atoms with Crippen molar-refractivity contribution < 1.29 is 13.9 Å². The number of oxazole rings is 1. The van der Waals surface area contributed by atoms with Gasteiger partial charge in [0.15, 0.2) is 6.61 Å². The summed E-state index contributed by atoms with van der Waals surface area (Å²) in [7, 11) is 0. The van der Waals surface area contributed by atoms with E-state index >= 15 is 0 Å². The molecule has 1 atom stereocenters. The molecule has 0 N–H and O–H groups in total. The van der Waals surface area contributed by atoms with Gasteiger partial charge in [-0.15, -0.1) is 0 Å². The lowest BCUT2D eigenvalue weighted by Crippen LogP contribution is -2.48. The molecule has 0 spiro atoms. The average molecular weight is 328 g/mol. The molecule has 0 saturated heterocycles. The second kappa shape index (κ2) is 6.30. The Morgan fingerprint density at radius 3 is 2.67 bits per heavy atom. The molecule has 128 valence electrons. The Hall–Kier alpha value is -2.30. The monoisotopic (exact) mass is 328 g/mol. The maximum Gasteiger partial charge on any atom is 0.291 e. The van der Waals surface area contributed by atoms with E-state index in [0.717, 1.165) is 17.9 Å². The summed E-state index contributed by atoms with van der Waals surface area (Å²) in [5.41, 5.74) is 0.760. The molecule has 5 heteroatoms. The van der Waals surface area contributed by atoms with Crippen molar-refractivity contribution in [3.05, 3.63) is 47.7 Å². The number of aromatic nitrogens is 1. The van der Waals surface area contributed by atoms with Crippen molar-refractivity contribution in [3.8, 4) is 5.75 Å². The van der Waals surface area contributed by atoms with Crippen LogP contribution in [0.2, 0.25) is 0 Å². The van der Waals surface area contributed by atoms with E-state index in [4.69, 9.17) is 9.15 Å². The lowest BCUT2D eigenvalue weighted by atomic mass is 9.86. The zero-order valence-corrected chi connectivity index (χ0v) is 14.7. The minimum Gasteiger partial charge on any atom is -0.484 e. The highest BCUT2D eigenvalue weighted by Crippen LogP contribution is 2.29. The molecule has 3 rings (SSSR count). The number of rotatable bonds is 4. The van der Waals surface area contributed by atoms with Crippen molar-refractivity contribution in [1.82, 2.24) is 9.88 Å². The molecule has 0 saturated carbocycles. The summed E-state index contributed by atoms with van der Waals surface area (Å²) >= 11 is 0. The Balaban J connectivity index is 1.73. The Morgan fingerprint density at radius 2 is 2.00 bits per heavy atom. The predicted octanol–water partition coefficient (Wildman–Crippen LogP) is 3.69. The first-order chi connectivity index (χ1) is 11.4. The second-order valence-electron chi connectivity index (χ2n) is 7.28. The molecular weight excluding hydrogens is 304 g/mol. The van der Waals surface area contributed by atoms with Gasteiger partial charge in [-0.05, 0) is 24.5 Å². The Kier molecular flexibility index (Phi) is 4.35. The molecule has 1 aliphatic heterocycles. The van der Waals surface area contributed by atoms with E-state index in [0.29, 0.717) is 18.2 Å². The standard InChI is InChI=1S/C19H24N2O3/c1-13(19(2,3)4)21-11-10-15-17(18(21)22)24-16(20-15)12-23-14-8-6-5-7-9-14/h5-9,13H,10-12H2,1-4H3. The topological polar surface area (TPSA) is 55.6 Å². The third-order valence-corrected chi connectivity index (χ3v) is 4.61. The van der Waals surface area contributed by atoms with E-state index in [1.165, 1.54) is 0 Å². The van der Waals surface area contributed by atoms with Crippen LogP contribution in [0.25, 0.3) is 0 Å². The molecule has 1 aromatic carbocycles. The van der Waals surface area contributed by atoms with Gasteiger partial charge in [0, 0.05) is 19.0 Å². The number of carbonyl (C=O) groups excluding carboxylic acids is 1. The number of carbonyl (C=O) groups is 1. The van der Waals surface area contributed by atoms with Crippen LogP contribution in [0.3, 0.4) is 0 Å². The summed E-state index contributed by atoms with van der Waals surface area (Å²) in [6.07, 6.45) is 0.719. The van der Waals surface area contributed by atoms with Crippen LogP contribution in [0.15, 0.2) is 34.7 Å². The largest absolute Gasteiger partial charge is 0.484 e. The quantitative estimate of drug-likeness (QED) is 0.859. The molecule has 24 heavy (non-hydrogen) atoms. The summed E-state index contributed by atoms with van der Waals surface area (Å²) in [5.74, 6) is 1.49. The van der Waals surface area contributed by atoms with Gasteiger partial charge in [0.1, 0.15) is 5.75 Å². The number of nitrogens with zero attached hydrogens (tertiary/aromatic N) is 2. The third-order valence-electron chi connectivity index (χ3n) is 4.61. The minimum atomic E-state index is -0.0721. The van der Waals surface area contributed by atoms with Crippen molar-refractivity contribution in [1.29, 1.82) is 0 Å². The highest BCUT2D eigenvalue weighted by Gasteiger charge is 2.36. The maximum absolute atomic E-state index is 12.7. The van der Waals surface area contributed by atoms with Gasteiger partial charge in [-0.2, -0.15) is 0 Å². The van der Waals surface area contributed by atoms with Gasteiger partial charge in [0.2, 0.25) is 11.7 Å². The summed E-state index contributed by atoms with van der Waals surface area (Å²) in [4.78, 5) is 19.1. The molecule has 0 radical (unpaired) electrons. The normalized spacial score (nSPS) is 16.0. The van der Waals surface area contributed by atoms with E-state index in [1.807, 2.05) is 35.2 Å². The first-order valence-electron chi connectivity index (χ1n) is 8.33. The number of hydrogen-bond donors (Lipinski definition) is 0. The predicted molar refractivity (Wildman–Crippen MR) is 90.9 cm³/mol. The number of amides is 1. The molecule has 0 bridgehead atoms. The van der Waals surface area contributed by atoms with E-state index < -0.39 is 0 Å². The molecule has 5 nitrogen and oxygen atoms in total. The lowest BCUT2D eigenvalue weighted by Gasteiger charge is -2.39. The van der Waals surface area contributed by atoms with Crippen LogP contribution in [0.1, 0.15) is 49.8 Å². The van der Waals surface area contributed by atoms with Crippen LogP contribution < -0.4 is 4.74 Å². The van der Waals surface area contributed by atoms with Gasteiger partial charge in [-0.1, -0.05) is 39.0 Å².